The number of pyridine rings is 1. The monoisotopic (exact) mass is 675 g/mol. The molecule has 260 valence electrons. The number of piperazine rings is 1. The Labute approximate surface area is 284 Å². The lowest BCUT2D eigenvalue weighted by atomic mass is 9.83. The Kier molecular flexibility index (Phi) is 6.80. The van der Waals surface area contributed by atoms with Crippen LogP contribution in [0.1, 0.15) is 70.9 Å². The molecule has 5 aliphatic heterocycles. The van der Waals surface area contributed by atoms with Crippen molar-refractivity contribution >= 4 is 28.5 Å². The summed E-state index contributed by atoms with van der Waals surface area (Å²) in [5.41, 5.74) is 8.66. The minimum Gasteiger partial charge on any atom is -0.472 e. The third-order valence-electron chi connectivity index (χ3n) is 11.6. The second-order valence-electron chi connectivity index (χ2n) is 15.9. The first-order chi connectivity index (χ1) is 23.4. The van der Waals surface area contributed by atoms with E-state index < -0.39 is 29.2 Å². The first-order valence-corrected chi connectivity index (χ1v) is 17.7. The summed E-state index contributed by atoms with van der Waals surface area (Å²) in [4.78, 5) is 34.3. The number of alkyl halides is 1. The molecule has 2 bridgehead atoms. The van der Waals surface area contributed by atoms with Gasteiger partial charge in [-0.05, 0) is 96.0 Å². The second kappa shape index (κ2) is 10.7. The van der Waals surface area contributed by atoms with Gasteiger partial charge in [0.15, 0.2) is 5.82 Å². The molecule has 0 radical (unpaired) electrons. The molecule has 4 saturated heterocycles. The van der Waals surface area contributed by atoms with Gasteiger partial charge in [0.05, 0.1) is 23.7 Å². The van der Waals surface area contributed by atoms with E-state index in [9.17, 15) is 9.18 Å². The normalized spacial score (nSPS) is 30.0. The van der Waals surface area contributed by atoms with Crippen molar-refractivity contribution in [2.75, 3.05) is 36.9 Å². The van der Waals surface area contributed by atoms with E-state index in [1.165, 1.54) is 0 Å². The molecule has 6 aliphatic rings. The molecule has 1 amide bonds. The predicted molar refractivity (Wildman–Crippen MR) is 179 cm³/mol. The fraction of sp³-hybridized carbons (Fsp3) is 0.611. The Morgan fingerprint density at radius 2 is 2.00 bits per heavy atom. The van der Waals surface area contributed by atoms with Crippen LogP contribution in [-0.4, -0.2) is 98.6 Å². The number of nitrogens with zero attached hydrogens (tertiary/aromatic N) is 6. The molecule has 4 fully saturated rings. The van der Waals surface area contributed by atoms with Crippen LogP contribution >= 0.6 is 0 Å². The SMILES string of the molecule is C[C@@H]1Oc2nc(-c3cc(N)cc4c3CC4)c(F)c3nc(OC[C@@]45CCCN4C[C@H](F)C5)nc(c23)N2C[C@H]3CC[C@@H]([C@@H]12)N3C(=O)OC(C)(C)C. The smallest absolute Gasteiger partial charge is 0.410 e. The van der Waals surface area contributed by atoms with Crippen molar-refractivity contribution in [2.24, 2.45) is 0 Å². The average molecular weight is 676 g/mol. The van der Waals surface area contributed by atoms with Crippen LogP contribution in [-0.2, 0) is 17.6 Å². The topological polar surface area (TPSA) is 119 Å². The molecular weight excluding hydrogens is 632 g/mol. The highest BCUT2D eigenvalue weighted by Crippen LogP contribution is 2.48. The fourth-order valence-corrected chi connectivity index (χ4v) is 9.48. The van der Waals surface area contributed by atoms with Gasteiger partial charge in [-0.3, -0.25) is 9.80 Å². The standard InChI is InChI=1S/C36H43F2N7O4/c1-18-30-25-9-7-22(45(25)34(46)49-35(2,3)4)16-44(30)31-26-29(41-33(42-31)47-17-36-10-5-11-43(36)15-20(37)14-36)27(38)28(40-32(26)48-18)24-13-21(39)12-19-6-8-23(19)24/h12-13,18,20,22,25,30H,5-11,14-17,39H2,1-4H3/t18-,20+,22+,25-,30+,36-/m0/s1. The van der Waals surface area contributed by atoms with Crippen molar-refractivity contribution in [2.45, 2.75) is 114 Å². The van der Waals surface area contributed by atoms with Gasteiger partial charge in [0.1, 0.15) is 46.9 Å². The van der Waals surface area contributed by atoms with E-state index in [1.54, 1.807) is 6.07 Å². The van der Waals surface area contributed by atoms with Gasteiger partial charge < -0.3 is 24.8 Å². The Bertz CT molecular complexity index is 1890. The molecule has 2 aromatic heterocycles. The number of hydrogen-bond donors (Lipinski definition) is 1. The quantitative estimate of drug-likeness (QED) is 0.370. The number of benzene rings is 1. The Morgan fingerprint density at radius 3 is 2.78 bits per heavy atom. The molecule has 0 spiro atoms. The highest BCUT2D eigenvalue weighted by Gasteiger charge is 2.54. The summed E-state index contributed by atoms with van der Waals surface area (Å²) in [6.07, 6.45) is 3.71. The second-order valence-corrected chi connectivity index (χ2v) is 15.9. The van der Waals surface area contributed by atoms with E-state index in [4.69, 9.17) is 34.9 Å². The van der Waals surface area contributed by atoms with Crippen LogP contribution in [0.4, 0.5) is 25.1 Å². The van der Waals surface area contributed by atoms with Gasteiger partial charge >= 0.3 is 12.1 Å². The molecule has 2 N–H and O–H groups in total. The third kappa shape index (κ3) is 4.81. The molecule has 11 nitrogen and oxygen atoms in total. The number of halogens is 2. The zero-order valence-corrected chi connectivity index (χ0v) is 28.5. The molecule has 0 saturated carbocycles. The van der Waals surface area contributed by atoms with Gasteiger partial charge in [-0.1, -0.05) is 0 Å². The van der Waals surface area contributed by atoms with Crippen molar-refractivity contribution in [1.82, 2.24) is 24.8 Å². The third-order valence-corrected chi connectivity index (χ3v) is 11.6. The number of aryl methyl sites for hydroxylation is 1. The maximum Gasteiger partial charge on any atom is 0.410 e. The lowest BCUT2D eigenvalue weighted by Gasteiger charge is -2.48. The van der Waals surface area contributed by atoms with Gasteiger partial charge in [0.2, 0.25) is 5.88 Å². The van der Waals surface area contributed by atoms with Crippen molar-refractivity contribution in [3.63, 3.8) is 0 Å². The highest BCUT2D eigenvalue weighted by molar-refractivity contribution is 5.98. The van der Waals surface area contributed by atoms with Crippen LogP contribution in [0.5, 0.6) is 11.9 Å². The summed E-state index contributed by atoms with van der Waals surface area (Å²) in [5, 5.41) is 0.376. The molecule has 9 rings (SSSR count). The number of amides is 1. The molecule has 1 aromatic carbocycles. The number of hydrogen-bond acceptors (Lipinski definition) is 10. The van der Waals surface area contributed by atoms with E-state index in [0.29, 0.717) is 42.0 Å². The molecular formula is C36H43F2N7O4. The number of carbonyl (C=O) groups excluding carboxylic acids is 1. The highest BCUT2D eigenvalue weighted by atomic mass is 19.1. The molecule has 49 heavy (non-hydrogen) atoms. The van der Waals surface area contributed by atoms with Crippen LogP contribution < -0.4 is 20.1 Å². The lowest BCUT2D eigenvalue weighted by molar-refractivity contribution is 0.000938. The van der Waals surface area contributed by atoms with Gasteiger partial charge in [-0.25, -0.2) is 18.6 Å². The van der Waals surface area contributed by atoms with E-state index >= 15 is 4.39 Å². The van der Waals surface area contributed by atoms with Gasteiger partial charge in [0, 0.05) is 30.8 Å². The number of rotatable bonds is 4. The van der Waals surface area contributed by atoms with Crippen LogP contribution in [0.25, 0.3) is 22.2 Å². The molecule has 6 atom stereocenters. The zero-order valence-electron chi connectivity index (χ0n) is 28.5. The predicted octanol–water partition coefficient (Wildman–Crippen LogP) is 5.20. The molecule has 0 unspecified atom stereocenters. The maximum absolute atomic E-state index is 17.0. The first-order valence-electron chi connectivity index (χ1n) is 17.7. The minimum absolute atomic E-state index is 0.0313. The van der Waals surface area contributed by atoms with Gasteiger partial charge in [-0.2, -0.15) is 9.97 Å². The van der Waals surface area contributed by atoms with Crippen molar-refractivity contribution in [1.29, 1.82) is 0 Å². The summed E-state index contributed by atoms with van der Waals surface area (Å²) in [6.45, 7) is 9.45. The van der Waals surface area contributed by atoms with Crippen LogP contribution in [0.2, 0.25) is 0 Å². The Balaban J connectivity index is 1.18. The van der Waals surface area contributed by atoms with Gasteiger partial charge in [0.25, 0.3) is 0 Å². The van der Waals surface area contributed by atoms with Crippen molar-refractivity contribution in [3.05, 3.63) is 29.1 Å². The van der Waals surface area contributed by atoms with Crippen LogP contribution in [0.15, 0.2) is 12.1 Å². The van der Waals surface area contributed by atoms with Gasteiger partial charge in [-0.15, -0.1) is 0 Å². The first kappa shape index (κ1) is 31.0. The number of fused-ring (bicyclic) bond motifs is 7. The number of ether oxygens (including phenoxy) is 3. The maximum atomic E-state index is 17.0. The number of nitrogens with two attached hydrogens (primary N) is 1. The van der Waals surface area contributed by atoms with Crippen molar-refractivity contribution < 1.29 is 27.8 Å². The van der Waals surface area contributed by atoms with E-state index in [0.717, 1.165) is 56.2 Å². The summed E-state index contributed by atoms with van der Waals surface area (Å²) in [6, 6.07) is 3.05. The van der Waals surface area contributed by atoms with Crippen LogP contribution in [0, 0.1) is 5.82 Å². The number of carbonyl (C=O) groups is 1. The minimum atomic E-state index is -0.910. The number of aromatic nitrogens is 3. The Morgan fingerprint density at radius 1 is 1.16 bits per heavy atom. The zero-order chi connectivity index (χ0) is 34.0. The summed E-state index contributed by atoms with van der Waals surface area (Å²) in [5.74, 6) is 0.114. The Hall–Kier alpha value is -4.00. The molecule has 13 heteroatoms. The van der Waals surface area contributed by atoms with E-state index in [-0.39, 0.29) is 53.9 Å². The summed E-state index contributed by atoms with van der Waals surface area (Å²) in [7, 11) is 0. The molecule has 1 aliphatic carbocycles. The van der Waals surface area contributed by atoms with Crippen molar-refractivity contribution in [3.8, 4) is 23.1 Å². The number of nitrogen functional groups attached to an aromatic ring is 1. The lowest BCUT2D eigenvalue weighted by Crippen LogP contribution is -2.65. The molecule has 7 heterocycles. The summed E-state index contributed by atoms with van der Waals surface area (Å²) >= 11 is 0. The van der Waals surface area contributed by atoms with E-state index in [1.807, 2.05) is 38.7 Å². The average Bonchev–Trinajstić information content (AvgIpc) is 3.62. The largest absolute Gasteiger partial charge is 0.472 e. The fourth-order valence-electron chi connectivity index (χ4n) is 9.48. The summed E-state index contributed by atoms with van der Waals surface area (Å²) < 4.78 is 50.5. The molecule has 3 aromatic rings. The number of anilines is 2. The van der Waals surface area contributed by atoms with Crippen LogP contribution in [0.3, 0.4) is 0 Å². The van der Waals surface area contributed by atoms with E-state index in [2.05, 4.69) is 9.80 Å².